The molecule has 0 aliphatic carbocycles. The van der Waals surface area contributed by atoms with E-state index in [2.05, 4.69) is 5.32 Å². The van der Waals surface area contributed by atoms with Crippen LogP contribution in [0.2, 0.25) is 0 Å². The van der Waals surface area contributed by atoms with Crippen LogP contribution in [0.5, 0.6) is 0 Å². The van der Waals surface area contributed by atoms with Gasteiger partial charge in [0.15, 0.2) is 11.8 Å². The number of fused-ring (bicyclic) bond motifs is 5. The monoisotopic (exact) mass is 526 g/mol. The van der Waals surface area contributed by atoms with E-state index in [0.29, 0.717) is 11.3 Å². The van der Waals surface area contributed by atoms with Gasteiger partial charge in [0.2, 0.25) is 0 Å². The van der Waals surface area contributed by atoms with Crippen molar-refractivity contribution in [1.29, 1.82) is 0 Å². The lowest BCUT2D eigenvalue weighted by atomic mass is 9.88. The summed E-state index contributed by atoms with van der Waals surface area (Å²) >= 11 is 0. The van der Waals surface area contributed by atoms with Gasteiger partial charge in [-0.2, -0.15) is 0 Å². The number of benzene rings is 3. The summed E-state index contributed by atoms with van der Waals surface area (Å²) in [6, 6.07) is 20.9. The number of nitrogens with zero attached hydrogens (tertiary/aromatic N) is 2. The predicted molar refractivity (Wildman–Crippen MR) is 140 cm³/mol. The van der Waals surface area contributed by atoms with Crippen molar-refractivity contribution in [2.75, 3.05) is 10.6 Å². The minimum atomic E-state index is -1.40. The quantitative estimate of drug-likeness (QED) is 0.395. The third-order valence-electron chi connectivity index (χ3n) is 7.56. The molecule has 0 saturated carbocycles. The minimum Gasteiger partial charge on any atom is -0.448 e. The third kappa shape index (κ3) is 3.79. The van der Waals surface area contributed by atoms with Crippen LogP contribution in [0.3, 0.4) is 0 Å². The second-order valence-electron chi connectivity index (χ2n) is 9.85. The minimum absolute atomic E-state index is 0.00492. The van der Waals surface area contributed by atoms with E-state index < -0.39 is 41.8 Å². The number of ether oxygens (including phenoxy) is 2. The molecular weight excluding hydrogens is 500 g/mol. The number of amides is 3. The normalized spacial score (nSPS) is 24.9. The number of carbonyl (C=O) groups is 4. The summed E-state index contributed by atoms with van der Waals surface area (Å²) in [5.74, 6) is -1.51. The number of carbonyl (C=O) groups excluding carboxylic acids is 4. The topological polar surface area (TPSA) is 131 Å². The zero-order chi connectivity index (χ0) is 27.3. The Balaban J connectivity index is 1.33. The van der Waals surface area contributed by atoms with Gasteiger partial charge >= 0.3 is 12.1 Å². The summed E-state index contributed by atoms with van der Waals surface area (Å²) in [6.45, 7) is 1.63. The van der Waals surface area contributed by atoms with Gasteiger partial charge in [-0.05, 0) is 30.7 Å². The zero-order valence-corrected chi connectivity index (χ0v) is 21.1. The molecule has 3 aliphatic rings. The molecule has 3 heterocycles. The lowest BCUT2D eigenvalue weighted by Crippen LogP contribution is -2.53. The van der Waals surface area contributed by atoms with Gasteiger partial charge in [0.25, 0.3) is 11.8 Å². The molecular formula is C29H26N4O6. The van der Waals surface area contributed by atoms with Crippen molar-refractivity contribution < 1.29 is 28.7 Å². The lowest BCUT2D eigenvalue weighted by Gasteiger charge is -2.35. The molecule has 3 aromatic rings. The number of nitrogen functional groups attached to an aromatic ring is 1. The maximum Gasteiger partial charge on any atom is 0.412 e. The number of rotatable bonds is 4. The van der Waals surface area contributed by atoms with Gasteiger partial charge in [-0.1, -0.05) is 60.7 Å². The highest BCUT2D eigenvalue weighted by Gasteiger charge is 2.68. The molecule has 6 rings (SSSR count). The van der Waals surface area contributed by atoms with Gasteiger partial charge in [-0.15, -0.1) is 0 Å². The number of anilines is 2. The summed E-state index contributed by atoms with van der Waals surface area (Å²) in [6.07, 6.45) is -1.68. The summed E-state index contributed by atoms with van der Waals surface area (Å²) in [7, 11) is 0. The molecule has 198 valence electrons. The van der Waals surface area contributed by atoms with Crippen LogP contribution >= 0.6 is 0 Å². The smallest absolute Gasteiger partial charge is 0.412 e. The highest BCUT2D eigenvalue weighted by molar-refractivity contribution is 6.06. The number of hydrogen-bond donors (Lipinski definition) is 2. The molecule has 0 unspecified atom stereocenters. The molecule has 3 N–H and O–H groups in total. The molecule has 3 amide bonds. The molecule has 0 aromatic heterocycles. The fraction of sp³-hybridized carbons (Fsp3) is 0.241. The van der Waals surface area contributed by atoms with E-state index in [9.17, 15) is 19.2 Å². The second kappa shape index (κ2) is 9.16. The first kappa shape index (κ1) is 24.5. The van der Waals surface area contributed by atoms with Gasteiger partial charge in [0, 0.05) is 17.7 Å². The van der Waals surface area contributed by atoms with Crippen LogP contribution in [0.25, 0.3) is 0 Å². The Morgan fingerprint density at radius 1 is 1.03 bits per heavy atom. The van der Waals surface area contributed by atoms with Crippen molar-refractivity contribution in [3.63, 3.8) is 0 Å². The van der Waals surface area contributed by atoms with Crippen molar-refractivity contribution in [3.8, 4) is 0 Å². The van der Waals surface area contributed by atoms with Gasteiger partial charge < -0.3 is 20.5 Å². The largest absolute Gasteiger partial charge is 0.448 e. The Morgan fingerprint density at radius 3 is 2.49 bits per heavy atom. The Morgan fingerprint density at radius 2 is 1.72 bits per heavy atom. The molecule has 1 spiro atoms. The van der Waals surface area contributed by atoms with Crippen LogP contribution in [0.1, 0.15) is 34.8 Å². The molecule has 3 aromatic carbocycles. The molecule has 10 nitrogen and oxygen atoms in total. The first-order valence-corrected chi connectivity index (χ1v) is 12.6. The number of nitrogens with one attached hydrogen (secondary N) is 1. The summed E-state index contributed by atoms with van der Waals surface area (Å²) in [5, 5.41) is 2.73. The van der Waals surface area contributed by atoms with E-state index in [4.69, 9.17) is 15.2 Å². The molecule has 4 atom stereocenters. The molecule has 0 bridgehead atoms. The number of esters is 1. The molecule has 2 saturated heterocycles. The fourth-order valence-corrected chi connectivity index (χ4v) is 5.74. The number of nitrogens with two attached hydrogens (primary N) is 1. The summed E-state index contributed by atoms with van der Waals surface area (Å²) in [4.78, 5) is 56.0. The van der Waals surface area contributed by atoms with Crippen LogP contribution in [-0.2, 0) is 31.3 Å². The Bertz CT molecular complexity index is 1490. The van der Waals surface area contributed by atoms with Crippen molar-refractivity contribution >= 4 is 35.3 Å². The molecule has 2 fully saturated rings. The van der Waals surface area contributed by atoms with E-state index in [1.807, 2.05) is 30.3 Å². The highest BCUT2D eigenvalue weighted by Crippen LogP contribution is 2.55. The summed E-state index contributed by atoms with van der Waals surface area (Å²) in [5.41, 5.74) is 6.98. The van der Waals surface area contributed by atoms with Crippen LogP contribution in [0.4, 0.5) is 16.2 Å². The van der Waals surface area contributed by atoms with Gasteiger partial charge in [0.05, 0.1) is 11.3 Å². The highest BCUT2D eigenvalue weighted by atomic mass is 16.6. The van der Waals surface area contributed by atoms with Crippen molar-refractivity contribution in [2.45, 2.75) is 43.8 Å². The Hall–Kier alpha value is -4.86. The number of hydrogen-bond acceptors (Lipinski definition) is 7. The van der Waals surface area contributed by atoms with E-state index in [1.54, 1.807) is 55.5 Å². The van der Waals surface area contributed by atoms with Gasteiger partial charge in [-0.25, -0.2) is 9.59 Å². The van der Waals surface area contributed by atoms with Crippen molar-refractivity contribution in [1.82, 2.24) is 10.2 Å². The first-order valence-electron chi connectivity index (χ1n) is 12.6. The molecule has 10 heteroatoms. The van der Waals surface area contributed by atoms with E-state index in [-0.39, 0.29) is 30.2 Å². The first-order chi connectivity index (χ1) is 18.8. The van der Waals surface area contributed by atoms with Crippen LogP contribution in [0.15, 0.2) is 78.9 Å². The fourth-order valence-electron chi connectivity index (χ4n) is 5.74. The average Bonchev–Trinajstić information content (AvgIpc) is 3.51. The zero-order valence-electron chi connectivity index (χ0n) is 21.1. The van der Waals surface area contributed by atoms with E-state index in [1.165, 1.54) is 9.80 Å². The van der Waals surface area contributed by atoms with E-state index >= 15 is 0 Å². The maximum absolute atomic E-state index is 13.5. The van der Waals surface area contributed by atoms with Crippen molar-refractivity contribution in [3.05, 3.63) is 95.6 Å². The van der Waals surface area contributed by atoms with Crippen LogP contribution in [-0.4, -0.2) is 47.0 Å². The van der Waals surface area contributed by atoms with Gasteiger partial charge in [0.1, 0.15) is 18.7 Å². The summed E-state index contributed by atoms with van der Waals surface area (Å²) < 4.78 is 11.7. The van der Waals surface area contributed by atoms with Crippen molar-refractivity contribution in [2.24, 2.45) is 0 Å². The molecule has 0 radical (unpaired) electrons. The average molecular weight is 527 g/mol. The molecule has 39 heavy (non-hydrogen) atoms. The SMILES string of the molecule is C[C@H]1C(=O)N2c3ccccc3[C@@]3(C[C@@H](NC(=O)c4ccccc4N)C(=O)O3)[C@H]2N1C(=O)OCc1ccccc1. The Kier molecular flexibility index (Phi) is 5.75. The molecule has 3 aliphatic heterocycles. The van der Waals surface area contributed by atoms with Crippen LogP contribution in [0, 0.1) is 0 Å². The standard InChI is InChI=1S/C29H26N4O6/c1-17-25(35)33-23-14-8-6-12-20(23)29(27(33)32(17)28(37)38-16-18-9-3-2-4-10-18)15-22(26(36)39-29)31-24(34)19-11-5-7-13-21(19)30/h2-14,17,22,27H,15-16,30H2,1H3,(H,31,34)/t17-,22+,27-,29-/m0/s1. The van der Waals surface area contributed by atoms with Crippen LogP contribution < -0.4 is 16.0 Å². The lowest BCUT2D eigenvalue weighted by molar-refractivity contribution is -0.154. The predicted octanol–water partition coefficient (Wildman–Crippen LogP) is 2.92. The van der Waals surface area contributed by atoms with E-state index in [0.717, 1.165) is 5.56 Å². The van der Waals surface area contributed by atoms with Gasteiger partial charge in [-0.3, -0.25) is 19.4 Å². The third-order valence-corrected chi connectivity index (χ3v) is 7.56. The Labute approximate surface area is 224 Å². The maximum atomic E-state index is 13.5. The second-order valence-corrected chi connectivity index (χ2v) is 9.85. The number of para-hydroxylation sites is 2.